The summed E-state index contributed by atoms with van der Waals surface area (Å²) in [5, 5.41) is 2.29. The molecule has 0 atom stereocenters. The SMILES string of the molecule is CC(C)(C)C(=O)ON1CCN(c2ccc(N)c(Cl)c2)CC1. The Morgan fingerprint density at radius 2 is 1.86 bits per heavy atom. The van der Waals surface area contributed by atoms with Gasteiger partial charge in [0.05, 0.1) is 29.2 Å². The molecule has 2 N–H and O–H groups in total. The molecule has 116 valence electrons. The van der Waals surface area contributed by atoms with Crippen LogP contribution in [0.5, 0.6) is 0 Å². The first kappa shape index (κ1) is 15.9. The van der Waals surface area contributed by atoms with Crippen LogP contribution in [0.2, 0.25) is 5.02 Å². The molecular formula is C15H22ClN3O2. The van der Waals surface area contributed by atoms with E-state index in [1.165, 1.54) is 0 Å². The number of rotatable bonds is 2. The lowest BCUT2D eigenvalue weighted by Gasteiger charge is -2.35. The summed E-state index contributed by atoms with van der Waals surface area (Å²) in [6, 6.07) is 5.63. The normalized spacial score (nSPS) is 16.9. The minimum absolute atomic E-state index is 0.202. The van der Waals surface area contributed by atoms with Gasteiger partial charge < -0.3 is 15.5 Å². The Labute approximate surface area is 130 Å². The zero-order valence-electron chi connectivity index (χ0n) is 12.7. The van der Waals surface area contributed by atoms with E-state index in [1.807, 2.05) is 39.0 Å². The molecule has 0 spiro atoms. The molecule has 1 heterocycles. The Morgan fingerprint density at radius 3 is 2.38 bits per heavy atom. The lowest BCUT2D eigenvalue weighted by molar-refractivity contribution is -0.201. The minimum atomic E-state index is -0.485. The molecule has 1 aliphatic rings. The lowest BCUT2D eigenvalue weighted by Crippen LogP contribution is -2.48. The first-order valence-corrected chi connectivity index (χ1v) is 7.42. The van der Waals surface area contributed by atoms with Gasteiger partial charge in [0.25, 0.3) is 0 Å². The summed E-state index contributed by atoms with van der Waals surface area (Å²) in [5.74, 6) is -0.202. The van der Waals surface area contributed by atoms with Crippen LogP contribution in [-0.4, -0.2) is 37.2 Å². The van der Waals surface area contributed by atoms with Gasteiger partial charge in [-0.1, -0.05) is 11.6 Å². The Kier molecular flexibility index (Phi) is 4.64. The van der Waals surface area contributed by atoms with Crippen LogP contribution in [0.4, 0.5) is 11.4 Å². The van der Waals surface area contributed by atoms with Gasteiger partial charge in [-0.3, -0.25) is 0 Å². The molecule has 21 heavy (non-hydrogen) atoms. The van der Waals surface area contributed by atoms with Crippen molar-refractivity contribution < 1.29 is 9.63 Å². The quantitative estimate of drug-likeness (QED) is 0.851. The molecule has 0 radical (unpaired) electrons. The van der Waals surface area contributed by atoms with Crippen molar-refractivity contribution in [1.29, 1.82) is 0 Å². The van der Waals surface area contributed by atoms with Crippen molar-refractivity contribution in [2.75, 3.05) is 36.8 Å². The second-order valence-corrected chi connectivity index (χ2v) is 6.66. The average Bonchev–Trinajstić information content (AvgIpc) is 2.42. The average molecular weight is 312 g/mol. The largest absolute Gasteiger partial charge is 0.398 e. The van der Waals surface area contributed by atoms with E-state index >= 15 is 0 Å². The number of anilines is 2. The molecule has 1 fully saturated rings. The lowest BCUT2D eigenvalue weighted by atomic mass is 9.98. The maximum atomic E-state index is 11.9. The topological polar surface area (TPSA) is 58.8 Å². The van der Waals surface area contributed by atoms with Gasteiger partial charge in [-0.15, -0.1) is 5.06 Å². The van der Waals surface area contributed by atoms with Crippen LogP contribution in [0.15, 0.2) is 18.2 Å². The van der Waals surface area contributed by atoms with Crippen molar-refractivity contribution in [3.63, 3.8) is 0 Å². The Morgan fingerprint density at radius 1 is 1.24 bits per heavy atom. The fraction of sp³-hybridized carbons (Fsp3) is 0.533. The van der Waals surface area contributed by atoms with Crippen molar-refractivity contribution in [2.24, 2.45) is 5.41 Å². The Hall–Kier alpha value is -1.46. The highest BCUT2D eigenvalue weighted by Gasteiger charge is 2.27. The van der Waals surface area contributed by atoms with Crippen LogP contribution in [0, 0.1) is 5.41 Å². The minimum Gasteiger partial charge on any atom is -0.398 e. The van der Waals surface area contributed by atoms with Crippen molar-refractivity contribution in [1.82, 2.24) is 5.06 Å². The molecule has 2 rings (SSSR count). The van der Waals surface area contributed by atoms with Crippen LogP contribution in [0.3, 0.4) is 0 Å². The molecule has 0 amide bonds. The second kappa shape index (κ2) is 6.12. The number of piperazine rings is 1. The molecule has 5 nitrogen and oxygen atoms in total. The number of carbonyl (C=O) groups excluding carboxylic acids is 1. The van der Waals surface area contributed by atoms with E-state index in [4.69, 9.17) is 22.2 Å². The first-order chi connectivity index (χ1) is 9.77. The number of carbonyl (C=O) groups is 1. The van der Waals surface area contributed by atoms with Crippen LogP contribution in [-0.2, 0) is 9.63 Å². The van der Waals surface area contributed by atoms with Crippen LogP contribution in [0.1, 0.15) is 20.8 Å². The van der Waals surface area contributed by atoms with Crippen molar-refractivity contribution in [3.8, 4) is 0 Å². The van der Waals surface area contributed by atoms with Gasteiger partial charge >= 0.3 is 5.97 Å². The fourth-order valence-electron chi connectivity index (χ4n) is 2.00. The first-order valence-electron chi connectivity index (χ1n) is 7.05. The van der Waals surface area contributed by atoms with E-state index in [1.54, 1.807) is 5.06 Å². The molecule has 6 heteroatoms. The summed E-state index contributed by atoms with van der Waals surface area (Å²) in [5.41, 5.74) is 6.85. The monoisotopic (exact) mass is 311 g/mol. The number of nitrogens with two attached hydrogens (primary N) is 1. The van der Waals surface area contributed by atoms with E-state index in [0.29, 0.717) is 23.8 Å². The number of halogens is 1. The molecule has 0 unspecified atom stereocenters. The van der Waals surface area contributed by atoms with E-state index < -0.39 is 5.41 Å². The van der Waals surface area contributed by atoms with Gasteiger partial charge in [0.1, 0.15) is 0 Å². The van der Waals surface area contributed by atoms with Crippen LogP contribution in [0.25, 0.3) is 0 Å². The van der Waals surface area contributed by atoms with Gasteiger partial charge in [0, 0.05) is 18.8 Å². The fourth-order valence-corrected chi connectivity index (χ4v) is 2.18. The summed E-state index contributed by atoms with van der Waals surface area (Å²) < 4.78 is 0. The van der Waals surface area contributed by atoms with E-state index in [-0.39, 0.29) is 5.97 Å². The van der Waals surface area contributed by atoms with Gasteiger partial charge in [-0.2, -0.15) is 0 Å². The maximum Gasteiger partial charge on any atom is 0.330 e. The summed E-state index contributed by atoms with van der Waals surface area (Å²) in [4.78, 5) is 19.5. The number of hydroxylamine groups is 2. The molecule has 1 saturated heterocycles. The Balaban J connectivity index is 1.91. The molecule has 0 saturated carbocycles. The summed E-state index contributed by atoms with van der Waals surface area (Å²) in [6.45, 7) is 8.44. The molecule has 1 aromatic rings. The molecule has 1 aromatic carbocycles. The summed E-state index contributed by atoms with van der Waals surface area (Å²) in [7, 11) is 0. The Bertz CT molecular complexity index is 520. The number of benzene rings is 1. The predicted molar refractivity (Wildman–Crippen MR) is 85.2 cm³/mol. The smallest absolute Gasteiger partial charge is 0.330 e. The number of hydrogen-bond donors (Lipinski definition) is 1. The van der Waals surface area contributed by atoms with E-state index in [9.17, 15) is 4.79 Å². The van der Waals surface area contributed by atoms with E-state index in [2.05, 4.69) is 4.90 Å². The zero-order chi connectivity index (χ0) is 15.6. The highest BCUT2D eigenvalue weighted by atomic mass is 35.5. The molecular weight excluding hydrogens is 290 g/mol. The van der Waals surface area contributed by atoms with Crippen LogP contribution < -0.4 is 10.6 Å². The molecule has 0 bridgehead atoms. The van der Waals surface area contributed by atoms with Crippen molar-refractivity contribution in [2.45, 2.75) is 20.8 Å². The number of nitrogens with zero attached hydrogens (tertiary/aromatic N) is 2. The van der Waals surface area contributed by atoms with Gasteiger partial charge in [0.2, 0.25) is 0 Å². The molecule has 0 aromatic heterocycles. The summed E-state index contributed by atoms with van der Waals surface area (Å²) >= 11 is 6.05. The van der Waals surface area contributed by atoms with Crippen molar-refractivity contribution >= 4 is 28.9 Å². The van der Waals surface area contributed by atoms with Crippen molar-refractivity contribution in [3.05, 3.63) is 23.2 Å². The zero-order valence-corrected chi connectivity index (χ0v) is 13.5. The van der Waals surface area contributed by atoms with Crippen LogP contribution >= 0.6 is 11.6 Å². The second-order valence-electron chi connectivity index (χ2n) is 6.25. The van der Waals surface area contributed by atoms with Gasteiger partial charge in [0.15, 0.2) is 0 Å². The highest BCUT2D eigenvalue weighted by molar-refractivity contribution is 6.33. The third kappa shape index (κ3) is 4.02. The molecule has 1 aliphatic heterocycles. The summed E-state index contributed by atoms with van der Waals surface area (Å²) in [6.07, 6.45) is 0. The number of hydrogen-bond acceptors (Lipinski definition) is 5. The highest BCUT2D eigenvalue weighted by Crippen LogP contribution is 2.26. The predicted octanol–water partition coefficient (Wildman–Crippen LogP) is 2.55. The molecule has 0 aliphatic carbocycles. The van der Waals surface area contributed by atoms with Gasteiger partial charge in [-0.05, 0) is 39.0 Å². The van der Waals surface area contributed by atoms with E-state index in [0.717, 1.165) is 18.8 Å². The third-order valence-corrected chi connectivity index (χ3v) is 3.74. The maximum absolute atomic E-state index is 11.9. The number of nitrogen functional groups attached to an aromatic ring is 1. The standard InChI is InChI=1S/C15H22ClN3O2/c1-15(2,3)14(20)21-19-8-6-18(7-9-19)11-4-5-13(17)12(16)10-11/h4-5,10H,6-9,17H2,1-3H3. The van der Waals surface area contributed by atoms with Gasteiger partial charge in [-0.25, -0.2) is 4.79 Å². The third-order valence-electron chi connectivity index (χ3n) is 3.41.